The van der Waals surface area contributed by atoms with Gasteiger partial charge in [0, 0.05) is 39.2 Å². The molecule has 0 aliphatic heterocycles. The molecule has 0 saturated heterocycles. The van der Waals surface area contributed by atoms with Crippen LogP contribution >= 0.6 is 23.2 Å². The van der Waals surface area contributed by atoms with E-state index in [9.17, 15) is 0 Å². The summed E-state index contributed by atoms with van der Waals surface area (Å²) < 4.78 is 11.0. The number of hydrogen-bond acceptors (Lipinski definition) is 4. The normalized spacial score (nSPS) is 15.3. The molecule has 0 amide bonds. The Morgan fingerprint density at radius 1 is 0.615 bits per heavy atom. The summed E-state index contributed by atoms with van der Waals surface area (Å²) in [6.45, 7) is 4.24. The summed E-state index contributed by atoms with van der Waals surface area (Å²) in [6.07, 6.45) is 13.7. The standard InChI is InChI=1S/C46H42Cl2N2O2/c1-31-29-43(51-3)25-27-45(31)49(41-21-13-37(47)14-22-41)39-17-9-35(10-18-39)33-5-7-34(8-6-33)36-11-19-40(20-12-36)50(42-23-15-38(48)16-24-42)46-28-26-44(52-4)30-32(46)2/h5-11,13-15,17-19,21-30,38H,12,16,20H2,1-4H3. The minimum absolute atomic E-state index is 0.0305. The van der Waals surface area contributed by atoms with E-state index in [1.54, 1.807) is 14.2 Å². The van der Waals surface area contributed by atoms with Gasteiger partial charge in [-0.1, -0.05) is 66.2 Å². The van der Waals surface area contributed by atoms with E-state index in [1.807, 2.05) is 36.4 Å². The van der Waals surface area contributed by atoms with E-state index in [0.717, 1.165) is 75.9 Å². The summed E-state index contributed by atoms with van der Waals surface area (Å²) in [5.74, 6) is 1.69. The highest BCUT2D eigenvalue weighted by Crippen LogP contribution is 2.40. The molecule has 2 aliphatic rings. The summed E-state index contributed by atoms with van der Waals surface area (Å²) in [5, 5.41) is 0.739. The van der Waals surface area contributed by atoms with Crippen LogP contribution in [0.2, 0.25) is 5.02 Å². The van der Waals surface area contributed by atoms with Crippen molar-refractivity contribution in [1.29, 1.82) is 0 Å². The molecule has 6 heteroatoms. The monoisotopic (exact) mass is 724 g/mol. The summed E-state index contributed by atoms with van der Waals surface area (Å²) in [6, 6.07) is 38.1. The molecule has 0 saturated carbocycles. The van der Waals surface area contributed by atoms with Crippen molar-refractivity contribution in [2.75, 3.05) is 24.0 Å². The van der Waals surface area contributed by atoms with E-state index in [4.69, 9.17) is 32.7 Å². The second-order valence-corrected chi connectivity index (χ2v) is 14.2. The Labute approximate surface area is 317 Å². The molecular formula is C46H42Cl2N2O2. The van der Waals surface area contributed by atoms with E-state index in [0.29, 0.717) is 5.02 Å². The fraction of sp³-hybridized carbons (Fsp3) is 0.174. The molecule has 0 aromatic heterocycles. The van der Waals surface area contributed by atoms with E-state index in [-0.39, 0.29) is 5.38 Å². The smallest absolute Gasteiger partial charge is 0.119 e. The van der Waals surface area contributed by atoms with Crippen molar-refractivity contribution in [2.24, 2.45) is 0 Å². The van der Waals surface area contributed by atoms with Gasteiger partial charge in [-0.2, -0.15) is 0 Å². The molecule has 262 valence electrons. The van der Waals surface area contributed by atoms with Crippen molar-refractivity contribution in [3.63, 3.8) is 0 Å². The van der Waals surface area contributed by atoms with Crippen LogP contribution in [0.15, 0.2) is 151 Å². The Bertz CT molecular complexity index is 2180. The predicted octanol–water partition coefficient (Wildman–Crippen LogP) is 13.1. The van der Waals surface area contributed by atoms with Gasteiger partial charge >= 0.3 is 0 Å². The summed E-state index contributed by atoms with van der Waals surface area (Å²) in [5.41, 5.74) is 13.9. The van der Waals surface area contributed by atoms with Crippen molar-refractivity contribution in [1.82, 2.24) is 0 Å². The van der Waals surface area contributed by atoms with E-state index < -0.39 is 0 Å². The van der Waals surface area contributed by atoms with Crippen molar-refractivity contribution in [3.8, 4) is 22.6 Å². The van der Waals surface area contributed by atoms with Crippen LogP contribution < -0.4 is 19.3 Å². The van der Waals surface area contributed by atoms with Gasteiger partial charge in [0.05, 0.1) is 19.6 Å². The first-order chi connectivity index (χ1) is 25.3. The molecule has 52 heavy (non-hydrogen) atoms. The lowest BCUT2D eigenvalue weighted by Gasteiger charge is -2.33. The maximum atomic E-state index is 6.41. The molecule has 1 unspecified atom stereocenters. The zero-order valence-electron chi connectivity index (χ0n) is 29.9. The van der Waals surface area contributed by atoms with Gasteiger partial charge in [-0.3, -0.25) is 0 Å². The van der Waals surface area contributed by atoms with Gasteiger partial charge in [0.15, 0.2) is 0 Å². The molecule has 7 rings (SSSR count). The van der Waals surface area contributed by atoms with Crippen LogP contribution in [0.1, 0.15) is 36.0 Å². The van der Waals surface area contributed by atoms with Gasteiger partial charge in [-0.25, -0.2) is 0 Å². The van der Waals surface area contributed by atoms with Crippen molar-refractivity contribution >= 4 is 51.5 Å². The molecule has 1 atom stereocenters. The largest absolute Gasteiger partial charge is 0.497 e. The van der Waals surface area contributed by atoms with E-state index in [2.05, 4.69) is 127 Å². The Balaban J connectivity index is 1.13. The van der Waals surface area contributed by atoms with Gasteiger partial charge < -0.3 is 19.3 Å². The number of hydrogen-bond donors (Lipinski definition) is 0. The predicted molar refractivity (Wildman–Crippen MR) is 220 cm³/mol. The molecule has 0 fully saturated rings. The van der Waals surface area contributed by atoms with Crippen LogP contribution in [0.4, 0.5) is 22.7 Å². The maximum absolute atomic E-state index is 6.41. The van der Waals surface area contributed by atoms with Crippen molar-refractivity contribution in [2.45, 2.75) is 38.5 Å². The number of allylic oxidation sites excluding steroid dienone is 7. The van der Waals surface area contributed by atoms with Gasteiger partial charge in [-0.05, 0) is 151 Å². The maximum Gasteiger partial charge on any atom is 0.119 e. The minimum atomic E-state index is 0.0305. The lowest BCUT2D eigenvalue weighted by atomic mass is 9.93. The van der Waals surface area contributed by atoms with Gasteiger partial charge in [0.25, 0.3) is 0 Å². The Morgan fingerprint density at radius 3 is 1.65 bits per heavy atom. The lowest BCUT2D eigenvalue weighted by molar-refractivity contribution is 0.414. The summed E-state index contributed by atoms with van der Waals surface area (Å²) >= 11 is 12.7. The minimum Gasteiger partial charge on any atom is -0.497 e. The third kappa shape index (κ3) is 7.55. The molecular weight excluding hydrogens is 683 g/mol. The van der Waals surface area contributed by atoms with Crippen molar-refractivity contribution in [3.05, 3.63) is 173 Å². The van der Waals surface area contributed by atoms with Crippen LogP contribution in [-0.4, -0.2) is 19.6 Å². The molecule has 0 spiro atoms. The Hall–Kier alpha value is -5.16. The fourth-order valence-electron chi connectivity index (χ4n) is 6.97. The third-order valence-corrected chi connectivity index (χ3v) is 10.4. The summed E-state index contributed by atoms with van der Waals surface area (Å²) in [4.78, 5) is 4.63. The first kappa shape index (κ1) is 35.3. The number of ether oxygens (including phenoxy) is 2. The lowest BCUT2D eigenvalue weighted by Crippen LogP contribution is -2.24. The van der Waals surface area contributed by atoms with Gasteiger partial charge in [0.1, 0.15) is 11.5 Å². The molecule has 0 heterocycles. The highest BCUT2D eigenvalue weighted by Gasteiger charge is 2.22. The molecule has 0 radical (unpaired) electrons. The van der Waals surface area contributed by atoms with E-state index in [1.165, 1.54) is 22.4 Å². The number of benzene rings is 5. The van der Waals surface area contributed by atoms with Crippen LogP contribution in [0.25, 0.3) is 16.7 Å². The average Bonchev–Trinajstić information content (AvgIpc) is 3.18. The highest BCUT2D eigenvalue weighted by molar-refractivity contribution is 6.30. The SMILES string of the molecule is COc1ccc(N(C2=CCC(Cl)C=C2)C2=CC=C(c3ccc(-c4ccc(N(c5ccc(Cl)cc5)c5ccc(OC)cc5C)cc4)cc3)CC2)c(C)c1. The average molecular weight is 726 g/mol. The van der Waals surface area contributed by atoms with Crippen LogP contribution in [0, 0.1) is 13.8 Å². The number of nitrogens with zero attached hydrogens (tertiary/aromatic N) is 2. The zero-order valence-corrected chi connectivity index (χ0v) is 31.5. The molecule has 2 aliphatic carbocycles. The molecule has 4 nitrogen and oxygen atoms in total. The highest BCUT2D eigenvalue weighted by atomic mass is 35.5. The second kappa shape index (κ2) is 15.6. The van der Waals surface area contributed by atoms with Gasteiger partial charge in [-0.15, -0.1) is 11.6 Å². The molecule has 5 aromatic carbocycles. The fourth-order valence-corrected chi connectivity index (χ4v) is 7.26. The number of halogens is 2. The number of rotatable bonds is 10. The zero-order chi connectivity index (χ0) is 36.2. The van der Waals surface area contributed by atoms with Crippen molar-refractivity contribution < 1.29 is 9.47 Å². The first-order valence-corrected chi connectivity index (χ1v) is 18.4. The van der Waals surface area contributed by atoms with E-state index >= 15 is 0 Å². The van der Waals surface area contributed by atoms with Gasteiger partial charge in [0.2, 0.25) is 0 Å². The summed E-state index contributed by atoms with van der Waals surface area (Å²) in [7, 11) is 3.40. The Kier molecular flexibility index (Phi) is 10.6. The number of aryl methyl sites for hydroxylation is 2. The Morgan fingerprint density at radius 2 is 1.15 bits per heavy atom. The topological polar surface area (TPSA) is 24.9 Å². The second-order valence-electron chi connectivity index (χ2n) is 13.2. The van der Waals surface area contributed by atoms with Crippen LogP contribution in [-0.2, 0) is 0 Å². The number of methoxy groups -OCH3 is 2. The van der Waals surface area contributed by atoms with Crippen LogP contribution in [0.5, 0.6) is 11.5 Å². The quantitative estimate of drug-likeness (QED) is 0.134. The molecule has 0 N–H and O–H groups in total. The number of alkyl halides is 1. The van der Waals surface area contributed by atoms with Crippen LogP contribution in [0.3, 0.4) is 0 Å². The first-order valence-electron chi connectivity index (χ1n) is 17.6. The molecule has 0 bridgehead atoms. The molecule has 5 aromatic rings. The third-order valence-electron chi connectivity index (χ3n) is 9.79. The number of anilines is 4.